The topological polar surface area (TPSA) is 32.5 Å². The molecule has 3 aromatic rings. The van der Waals surface area contributed by atoms with E-state index in [0.717, 1.165) is 45.6 Å². The van der Waals surface area contributed by atoms with Crippen LogP contribution in [0.1, 0.15) is 37.3 Å². The van der Waals surface area contributed by atoms with Crippen molar-refractivity contribution in [1.82, 2.24) is 9.80 Å². The molecule has 2 N–H and O–H groups in total. The predicted octanol–water partition coefficient (Wildman–Crippen LogP) is 5.60. The standard InChI is InChI=1S/C27H33N3S/c1-2-12-29-13-7-20(8-14-29)22-3-5-26-24(18-22)25-19-23(4-6-27(25)31-26)21-9-15-30(16-10-21)17-11-28/h3-7,9,18-19H,2,8,10-17,28H2,1H3. The van der Waals surface area contributed by atoms with Crippen molar-refractivity contribution in [3.63, 3.8) is 0 Å². The van der Waals surface area contributed by atoms with Crippen molar-refractivity contribution in [2.75, 3.05) is 45.8 Å². The van der Waals surface area contributed by atoms with Gasteiger partial charge >= 0.3 is 0 Å². The zero-order valence-electron chi connectivity index (χ0n) is 18.6. The van der Waals surface area contributed by atoms with Gasteiger partial charge < -0.3 is 5.73 Å². The highest BCUT2D eigenvalue weighted by Crippen LogP contribution is 2.38. The Morgan fingerprint density at radius 1 is 0.806 bits per heavy atom. The smallest absolute Gasteiger partial charge is 0.0355 e. The van der Waals surface area contributed by atoms with E-state index in [2.05, 4.69) is 65.3 Å². The van der Waals surface area contributed by atoms with Crippen LogP contribution in [0.4, 0.5) is 0 Å². The van der Waals surface area contributed by atoms with E-state index >= 15 is 0 Å². The van der Waals surface area contributed by atoms with Crippen LogP contribution in [-0.4, -0.2) is 55.6 Å². The van der Waals surface area contributed by atoms with Crippen molar-refractivity contribution in [3.05, 3.63) is 59.7 Å². The molecule has 0 bridgehead atoms. The third-order valence-corrected chi connectivity index (χ3v) is 7.93. The molecule has 31 heavy (non-hydrogen) atoms. The van der Waals surface area contributed by atoms with Gasteiger partial charge in [-0.05, 0) is 72.3 Å². The van der Waals surface area contributed by atoms with E-state index < -0.39 is 0 Å². The Morgan fingerprint density at radius 2 is 1.35 bits per heavy atom. The number of hydrogen-bond donors (Lipinski definition) is 1. The fraction of sp³-hybridized carbons (Fsp3) is 0.407. The van der Waals surface area contributed by atoms with Crippen LogP contribution < -0.4 is 5.73 Å². The zero-order valence-corrected chi connectivity index (χ0v) is 19.4. The van der Waals surface area contributed by atoms with Crippen LogP contribution in [0.25, 0.3) is 31.3 Å². The number of nitrogens with zero attached hydrogens (tertiary/aromatic N) is 2. The van der Waals surface area contributed by atoms with Gasteiger partial charge in [-0.25, -0.2) is 0 Å². The summed E-state index contributed by atoms with van der Waals surface area (Å²) in [6.07, 6.45) is 8.35. The van der Waals surface area contributed by atoms with Crippen LogP contribution in [0.15, 0.2) is 48.6 Å². The molecule has 0 atom stereocenters. The van der Waals surface area contributed by atoms with Crippen LogP contribution >= 0.6 is 11.3 Å². The maximum Gasteiger partial charge on any atom is 0.0355 e. The number of rotatable bonds is 6. The first kappa shape index (κ1) is 20.9. The van der Waals surface area contributed by atoms with Gasteiger partial charge in [0.2, 0.25) is 0 Å². The summed E-state index contributed by atoms with van der Waals surface area (Å²) in [6.45, 7) is 9.61. The molecule has 3 heterocycles. The first-order valence-electron chi connectivity index (χ1n) is 11.7. The van der Waals surface area contributed by atoms with E-state index in [0.29, 0.717) is 0 Å². The van der Waals surface area contributed by atoms with Gasteiger partial charge in [0, 0.05) is 59.4 Å². The van der Waals surface area contributed by atoms with E-state index in [4.69, 9.17) is 5.73 Å². The van der Waals surface area contributed by atoms with Crippen molar-refractivity contribution in [2.24, 2.45) is 5.73 Å². The molecule has 1 aromatic heterocycles. The van der Waals surface area contributed by atoms with E-state index in [-0.39, 0.29) is 0 Å². The summed E-state index contributed by atoms with van der Waals surface area (Å²) >= 11 is 1.92. The van der Waals surface area contributed by atoms with Crippen LogP contribution in [0, 0.1) is 0 Å². The number of fused-ring (bicyclic) bond motifs is 3. The summed E-state index contributed by atoms with van der Waals surface area (Å²) in [7, 11) is 0. The molecule has 0 saturated heterocycles. The van der Waals surface area contributed by atoms with Crippen molar-refractivity contribution >= 4 is 42.7 Å². The van der Waals surface area contributed by atoms with Gasteiger partial charge in [0.25, 0.3) is 0 Å². The van der Waals surface area contributed by atoms with E-state index in [9.17, 15) is 0 Å². The molecule has 3 nitrogen and oxygen atoms in total. The Bertz CT molecular complexity index is 1050. The molecule has 162 valence electrons. The fourth-order valence-electron chi connectivity index (χ4n) is 5.03. The summed E-state index contributed by atoms with van der Waals surface area (Å²) in [6, 6.07) is 14.2. The number of nitrogens with two attached hydrogens (primary N) is 1. The SMILES string of the molecule is CCCN1CC=C(c2ccc3sc4ccc(C5=CCN(CCN)CC5)cc4c3c2)CC1. The lowest BCUT2D eigenvalue weighted by molar-refractivity contribution is 0.302. The third-order valence-electron chi connectivity index (χ3n) is 6.78. The molecule has 0 unspecified atom stereocenters. The van der Waals surface area contributed by atoms with E-state index in [1.165, 1.54) is 62.0 Å². The maximum atomic E-state index is 5.73. The second-order valence-corrected chi connectivity index (χ2v) is 9.96. The quantitative estimate of drug-likeness (QED) is 0.551. The van der Waals surface area contributed by atoms with Crippen molar-refractivity contribution < 1.29 is 0 Å². The molecule has 2 aliphatic heterocycles. The monoisotopic (exact) mass is 431 g/mol. The molecule has 4 heteroatoms. The van der Waals surface area contributed by atoms with Gasteiger partial charge in [-0.1, -0.05) is 31.2 Å². The Balaban J connectivity index is 1.46. The van der Waals surface area contributed by atoms with E-state index in [1.54, 1.807) is 0 Å². The van der Waals surface area contributed by atoms with Gasteiger partial charge in [0.1, 0.15) is 0 Å². The van der Waals surface area contributed by atoms with Crippen molar-refractivity contribution in [3.8, 4) is 0 Å². The fourth-order valence-corrected chi connectivity index (χ4v) is 6.10. The highest BCUT2D eigenvalue weighted by molar-refractivity contribution is 7.25. The van der Waals surface area contributed by atoms with Gasteiger partial charge in [0.05, 0.1) is 0 Å². The van der Waals surface area contributed by atoms with Crippen LogP contribution in [0.2, 0.25) is 0 Å². The normalized spacial score (nSPS) is 18.5. The second-order valence-electron chi connectivity index (χ2n) is 8.87. The van der Waals surface area contributed by atoms with Crippen molar-refractivity contribution in [1.29, 1.82) is 0 Å². The van der Waals surface area contributed by atoms with Crippen molar-refractivity contribution in [2.45, 2.75) is 26.2 Å². The molecular formula is C27H33N3S. The summed E-state index contributed by atoms with van der Waals surface area (Å²) in [5.74, 6) is 0. The molecule has 0 spiro atoms. The number of thiophene rings is 1. The van der Waals surface area contributed by atoms with Gasteiger partial charge in [-0.2, -0.15) is 0 Å². The van der Waals surface area contributed by atoms with Crippen LogP contribution in [-0.2, 0) is 0 Å². The molecule has 2 aromatic carbocycles. The van der Waals surface area contributed by atoms with Crippen LogP contribution in [0.3, 0.4) is 0 Å². The lowest BCUT2D eigenvalue weighted by Crippen LogP contribution is -2.33. The number of benzene rings is 2. The summed E-state index contributed by atoms with van der Waals surface area (Å²) in [4.78, 5) is 4.99. The molecule has 0 saturated carbocycles. The minimum atomic E-state index is 0.741. The second kappa shape index (κ2) is 9.25. The average molecular weight is 432 g/mol. The summed E-state index contributed by atoms with van der Waals surface area (Å²) in [5, 5.41) is 2.83. The Kier molecular flexibility index (Phi) is 6.24. The highest BCUT2D eigenvalue weighted by atomic mass is 32.1. The minimum Gasteiger partial charge on any atom is -0.329 e. The summed E-state index contributed by atoms with van der Waals surface area (Å²) < 4.78 is 2.79. The Hall–Kier alpha value is -1.98. The summed E-state index contributed by atoms with van der Waals surface area (Å²) in [5.41, 5.74) is 11.5. The largest absolute Gasteiger partial charge is 0.329 e. The number of hydrogen-bond acceptors (Lipinski definition) is 4. The molecule has 5 rings (SSSR count). The lowest BCUT2D eigenvalue weighted by Gasteiger charge is -2.26. The average Bonchev–Trinajstić information content (AvgIpc) is 3.18. The van der Waals surface area contributed by atoms with Crippen LogP contribution in [0.5, 0.6) is 0 Å². The molecule has 0 amide bonds. The first-order valence-corrected chi connectivity index (χ1v) is 12.6. The predicted molar refractivity (Wildman–Crippen MR) is 137 cm³/mol. The van der Waals surface area contributed by atoms with E-state index in [1.807, 2.05) is 11.3 Å². The minimum absolute atomic E-state index is 0.741. The lowest BCUT2D eigenvalue weighted by atomic mass is 9.95. The first-order chi connectivity index (χ1) is 15.2. The molecule has 0 aliphatic carbocycles. The Labute approximate surface area is 189 Å². The molecular weight excluding hydrogens is 398 g/mol. The van der Waals surface area contributed by atoms with Gasteiger partial charge in [-0.15, -0.1) is 11.3 Å². The molecule has 2 aliphatic rings. The zero-order chi connectivity index (χ0) is 21.2. The molecule has 0 fully saturated rings. The third kappa shape index (κ3) is 4.35. The maximum absolute atomic E-state index is 5.73. The van der Waals surface area contributed by atoms with Gasteiger partial charge in [0.15, 0.2) is 0 Å². The molecule has 0 radical (unpaired) electrons. The van der Waals surface area contributed by atoms with Gasteiger partial charge in [-0.3, -0.25) is 9.80 Å². The Morgan fingerprint density at radius 3 is 1.81 bits per heavy atom. The highest BCUT2D eigenvalue weighted by Gasteiger charge is 2.16.